The van der Waals surface area contributed by atoms with Crippen LogP contribution in [-0.4, -0.2) is 38.2 Å². The topological polar surface area (TPSA) is 107 Å². The third kappa shape index (κ3) is 2.81. The molecule has 0 saturated carbocycles. The van der Waals surface area contributed by atoms with Crippen LogP contribution in [0.3, 0.4) is 0 Å². The van der Waals surface area contributed by atoms with Gasteiger partial charge in [0.25, 0.3) is 11.5 Å². The molecular weight excluding hydrogens is 368 g/mol. The number of halogens is 1. The number of hydrogen-bond acceptors (Lipinski definition) is 5. The van der Waals surface area contributed by atoms with E-state index in [4.69, 9.17) is 5.73 Å². The highest BCUT2D eigenvalue weighted by atomic mass is 35.5. The molecular formula is C18H19ClN6O2. The first-order chi connectivity index (χ1) is 12.6. The third-order valence-electron chi connectivity index (χ3n) is 5.42. The lowest BCUT2D eigenvalue weighted by Gasteiger charge is -2.37. The molecule has 0 aliphatic carbocycles. The minimum Gasteiger partial charge on any atom is -0.365 e. The van der Waals surface area contributed by atoms with Gasteiger partial charge in [-0.2, -0.15) is 5.10 Å². The van der Waals surface area contributed by atoms with Gasteiger partial charge in [-0.25, -0.2) is 9.50 Å². The molecule has 1 saturated heterocycles. The number of aromatic nitrogens is 4. The summed E-state index contributed by atoms with van der Waals surface area (Å²) < 4.78 is 3.43. The number of amides is 1. The highest BCUT2D eigenvalue weighted by Gasteiger charge is 2.31. The van der Waals surface area contributed by atoms with E-state index in [0.717, 1.165) is 42.9 Å². The Morgan fingerprint density at radius 2 is 2.07 bits per heavy atom. The quantitative estimate of drug-likeness (QED) is 0.677. The molecule has 27 heavy (non-hydrogen) atoms. The number of carbonyl (C=O) groups is 1. The zero-order valence-corrected chi connectivity index (χ0v) is 15.3. The van der Waals surface area contributed by atoms with Crippen molar-refractivity contribution in [1.29, 1.82) is 0 Å². The lowest BCUT2D eigenvalue weighted by Crippen LogP contribution is -2.44. The molecule has 140 valence electrons. The summed E-state index contributed by atoms with van der Waals surface area (Å²) in [5, 5.41) is 7.60. The Bertz CT molecular complexity index is 1100. The molecule has 0 aromatic carbocycles. The van der Waals surface area contributed by atoms with Crippen molar-refractivity contribution in [2.45, 2.75) is 18.9 Å². The van der Waals surface area contributed by atoms with Crippen LogP contribution in [0.5, 0.6) is 0 Å². The molecule has 5 heterocycles. The van der Waals surface area contributed by atoms with Crippen LogP contribution < -0.4 is 16.6 Å². The molecule has 3 aromatic heterocycles. The summed E-state index contributed by atoms with van der Waals surface area (Å²) in [5.74, 6) is 0.323. The van der Waals surface area contributed by atoms with Gasteiger partial charge in [0.15, 0.2) is 5.65 Å². The third-order valence-corrected chi connectivity index (χ3v) is 5.42. The number of nitrogens with one attached hydrogen (secondary N) is 1. The van der Waals surface area contributed by atoms with Gasteiger partial charge in [-0.1, -0.05) is 0 Å². The minimum absolute atomic E-state index is 0. The molecule has 0 spiro atoms. The summed E-state index contributed by atoms with van der Waals surface area (Å²) in [5.41, 5.74) is 8.72. The fraction of sp³-hybridized carbons (Fsp3) is 0.333. The van der Waals surface area contributed by atoms with Crippen LogP contribution in [-0.2, 0) is 6.54 Å². The molecule has 9 heteroatoms. The summed E-state index contributed by atoms with van der Waals surface area (Å²) in [6, 6.07) is 3.73. The molecule has 2 atom stereocenters. The normalized spacial score (nSPS) is 20.7. The monoisotopic (exact) mass is 386 g/mol. The number of piperidine rings is 1. The SMILES string of the molecule is Cl.NC(=O)c1cnn2cc(-c3cc4n(c(=O)c3)C[C@@H]3CNC[C@H]4C3)cnc12. The maximum absolute atomic E-state index is 12.7. The van der Waals surface area contributed by atoms with Crippen molar-refractivity contribution in [3.8, 4) is 11.1 Å². The Balaban J connectivity index is 0.00000180. The van der Waals surface area contributed by atoms with Crippen molar-refractivity contribution in [2.75, 3.05) is 13.1 Å². The van der Waals surface area contributed by atoms with Gasteiger partial charge in [0.05, 0.1) is 6.20 Å². The second kappa shape index (κ2) is 6.47. The van der Waals surface area contributed by atoms with Crippen LogP contribution in [0.25, 0.3) is 16.8 Å². The van der Waals surface area contributed by atoms with E-state index in [-0.39, 0.29) is 23.5 Å². The van der Waals surface area contributed by atoms with Gasteiger partial charge in [0.1, 0.15) is 5.56 Å². The van der Waals surface area contributed by atoms with Crippen LogP contribution in [0.15, 0.2) is 35.5 Å². The molecule has 0 radical (unpaired) electrons. The lowest BCUT2D eigenvalue weighted by molar-refractivity contribution is 0.100. The van der Waals surface area contributed by atoms with Crippen molar-refractivity contribution < 1.29 is 4.79 Å². The number of primary amides is 1. The average molecular weight is 387 g/mol. The summed E-state index contributed by atoms with van der Waals surface area (Å²) in [7, 11) is 0. The van der Waals surface area contributed by atoms with E-state index in [1.807, 2.05) is 4.57 Å². The number of pyridine rings is 1. The van der Waals surface area contributed by atoms with Crippen LogP contribution in [0.2, 0.25) is 0 Å². The van der Waals surface area contributed by atoms with Gasteiger partial charge >= 0.3 is 0 Å². The minimum atomic E-state index is -0.563. The first-order valence-electron chi connectivity index (χ1n) is 8.69. The highest BCUT2D eigenvalue weighted by molar-refractivity contribution is 5.98. The van der Waals surface area contributed by atoms with Crippen LogP contribution in [0, 0.1) is 5.92 Å². The first kappa shape index (κ1) is 17.7. The molecule has 0 unspecified atom stereocenters. The molecule has 3 aromatic rings. The number of hydrogen-bond donors (Lipinski definition) is 2. The molecule has 1 amide bonds. The van der Waals surface area contributed by atoms with E-state index in [0.29, 0.717) is 17.5 Å². The smallest absolute Gasteiger partial charge is 0.254 e. The average Bonchev–Trinajstić information content (AvgIpc) is 3.06. The molecule has 1 fully saturated rings. The molecule has 8 nitrogen and oxygen atoms in total. The van der Waals surface area contributed by atoms with E-state index in [2.05, 4.69) is 21.5 Å². The summed E-state index contributed by atoms with van der Waals surface area (Å²) in [4.78, 5) is 28.4. The van der Waals surface area contributed by atoms with Crippen molar-refractivity contribution in [3.05, 3.63) is 52.3 Å². The van der Waals surface area contributed by atoms with Gasteiger partial charge in [-0.3, -0.25) is 9.59 Å². The van der Waals surface area contributed by atoms with Gasteiger partial charge < -0.3 is 15.6 Å². The second-order valence-electron chi connectivity index (χ2n) is 7.11. The number of rotatable bonds is 2. The van der Waals surface area contributed by atoms with Crippen molar-refractivity contribution in [3.63, 3.8) is 0 Å². The van der Waals surface area contributed by atoms with Gasteiger partial charge in [0.2, 0.25) is 0 Å². The molecule has 3 N–H and O–H groups in total. The summed E-state index contributed by atoms with van der Waals surface area (Å²) in [6.45, 7) is 2.65. The number of nitrogens with zero attached hydrogens (tertiary/aromatic N) is 4. The van der Waals surface area contributed by atoms with Gasteiger partial charge in [-0.15, -0.1) is 12.4 Å². The second-order valence-corrected chi connectivity index (χ2v) is 7.11. The van der Waals surface area contributed by atoms with E-state index < -0.39 is 5.91 Å². The molecule has 2 aliphatic heterocycles. The number of nitrogens with two attached hydrogens (primary N) is 1. The lowest BCUT2D eigenvalue weighted by atomic mass is 9.83. The van der Waals surface area contributed by atoms with Crippen molar-refractivity contribution >= 4 is 24.0 Å². The zero-order valence-electron chi connectivity index (χ0n) is 14.5. The standard InChI is InChI=1S/C18H18N6O2.ClH/c19-17(26)14-7-22-24-9-13(6-21-18(14)24)11-2-15-12-1-10(4-20-5-12)8-23(15)16(25)3-11;/h2-3,6-7,9-10,12,20H,1,4-5,8H2,(H2,19,26);1H/t10-,12+;/m0./s1. The fourth-order valence-electron chi connectivity index (χ4n) is 4.17. The van der Waals surface area contributed by atoms with Crippen molar-refractivity contribution in [2.24, 2.45) is 11.7 Å². The summed E-state index contributed by atoms with van der Waals surface area (Å²) in [6.07, 6.45) is 5.95. The van der Waals surface area contributed by atoms with E-state index >= 15 is 0 Å². The Kier molecular flexibility index (Phi) is 4.24. The highest BCUT2D eigenvalue weighted by Crippen LogP contribution is 2.33. The number of carbonyl (C=O) groups excluding carboxylic acids is 1. The molecule has 5 rings (SSSR count). The largest absolute Gasteiger partial charge is 0.365 e. The van der Waals surface area contributed by atoms with E-state index in [1.54, 1.807) is 18.5 Å². The Morgan fingerprint density at radius 3 is 2.89 bits per heavy atom. The van der Waals surface area contributed by atoms with E-state index in [1.165, 1.54) is 10.7 Å². The van der Waals surface area contributed by atoms with Crippen LogP contribution in [0.4, 0.5) is 0 Å². The van der Waals surface area contributed by atoms with Crippen LogP contribution >= 0.6 is 12.4 Å². The predicted molar refractivity (Wildman–Crippen MR) is 102 cm³/mol. The molecule has 2 bridgehead atoms. The Labute approximate surface area is 160 Å². The maximum atomic E-state index is 12.7. The summed E-state index contributed by atoms with van der Waals surface area (Å²) >= 11 is 0. The Hall–Kier alpha value is -2.71. The zero-order chi connectivity index (χ0) is 17.8. The fourth-order valence-corrected chi connectivity index (χ4v) is 4.17. The van der Waals surface area contributed by atoms with Gasteiger partial charge in [-0.05, 0) is 30.5 Å². The molecule has 2 aliphatic rings. The first-order valence-corrected chi connectivity index (χ1v) is 8.69. The number of fused-ring (bicyclic) bond motifs is 5. The van der Waals surface area contributed by atoms with Gasteiger partial charge in [0, 0.05) is 48.7 Å². The Morgan fingerprint density at radius 1 is 1.22 bits per heavy atom. The van der Waals surface area contributed by atoms with Crippen LogP contribution in [0.1, 0.15) is 28.4 Å². The van der Waals surface area contributed by atoms with Crippen molar-refractivity contribution in [1.82, 2.24) is 24.5 Å². The maximum Gasteiger partial charge on any atom is 0.254 e. The predicted octanol–water partition coefficient (Wildman–Crippen LogP) is 0.785. The van der Waals surface area contributed by atoms with E-state index in [9.17, 15) is 9.59 Å².